The zero-order chi connectivity index (χ0) is 10.5. The standard InChI is InChI=1S/C10H16N4O/c15-10-12-4-8-14(10)6-2-1-5-13-7-3-11-9-13/h3,7,9H,1-2,4-6,8H2,(H,12,15). The van der Waals surface area contributed by atoms with Gasteiger partial charge in [-0.3, -0.25) is 0 Å². The number of nitrogens with zero attached hydrogens (tertiary/aromatic N) is 3. The van der Waals surface area contributed by atoms with Crippen molar-refractivity contribution in [2.24, 2.45) is 0 Å². The molecular weight excluding hydrogens is 192 g/mol. The van der Waals surface area contributed by atoms with Gasteiger partial charge in [0.2, 0.25) is 0 Å². The second kappa shape index (κ2) is 4.82. The minimum absolute atomic E-state index is 0.0811. The van der Waals surface area contributed by atoms with Gasteiger partial charge in [0.15, 0.2) is 0 Å². The maximum Gasteiger partial charge on any atom is 0.317 e. The van der Waals surface area contributed by atoms with E-state index in [0.717, 1.165) is 39.0 Å². The van der Waals surface area contributed by atoms with Crippen LogP contribution in [-0.4, -0.2) is 40.1 Å². The van der Waals surface area contributed by atoms with E-state index in [-0.39, 0.29) is 6.03 Å². The van der Waals surface area contributed by atoms with Gasteiger partial charge in [0.1, 0.15) is 0 Å². The van der Waals surface area contributed by atoms with Crippen molar-refractivity contribution in [1.82, 2.24) is 19.8 Å². The summed E-state index contributed by atoms with van der Waals surface area (Å²) in [6, 6.07) is 0.0811. The average molecular weight is 208 g/mol. The minimum Gasteiger partial charge on any atom is -0.337 e. The summed E-state index contributed by atoms with van der Waals surface area (Å²) in [6.07, 6.45) is 7.70. The third-order valence-corrected chi connectivity index (χ3v) is 2.60. The van der Waals surface area contributed by atoms with Gasteiger partial charge < -0.3 is 14.8 Å². The lowest BCUT2D eigenvalue weighted by molar-refractivity contribution is 0.216. The van der Waals surface area contributed by atoms with Crippen molar-refractivity contribution >= 4 is 6.03 Å². The Balaban J connectivity index is 1.61. The molecule has 1 saturated heterocycles. The summed E-state index contributed by atoms with van der Waals surface area (Å²) in [7, 11) is 0. The molecule has 2 heterocycles. The lowest BCUT2D eigenvalue weighted by Crippen LogP contribution is -2.29. The van der Waals surface area contributed by atoms with Crippen LogP contribution in [0, 0.1) is 0 Å². The molecule has 0 spiro atoms. The first-order valence-corrected chi connectivity index (χ1v) is 5.35. The van der Waals surface area contributed by atoms with Gasteiger partial charge in [-0.2, -0.15) is 0 Å². The molecule has 0 unspecified atom stereocenters. The number of rotatable bonds is 5. The highest BCUT2D eigenvalue weighted by molar-refractivity contribution is 5.76. The molecule has 82 valence electrons. The molecule has 15 heavy (non-hydrogen) atoms. The Labute approximate surface area is 89.1 Å². The first-order chi connectivity index (χ1) is 7.36. The first-order valence-electron chi connectivity index (χ1n) is 5.35. The highest BCUT2D eigenvalue weighted by Gasteiger charge is 2.17. The number of urea groups is 1. The normalized spacial score (nSPS) is 15.7. The molecule has 0 aromatic carbocycles. The van der Waals surface area contributed by atoms with Crippen molar-refractivity contribution in [2.45, 2.75) is 19.4 Å². The minimum atomic E-state index is 0.0811. The molecule has 2 rings (SSSR count). The summed E-state index contributed by atoms with van der Waals surface area (Å²) in [5, 5.41) is 2.80. The van der Waals surface area contributed by atoms with Gasteiger partial charge in [-0.05, 0) is 12.8 Å². The smallest absolute Gasteiger partial charge is 0.317 e. The van der Waals surface area contributed by atoms with Gasteiger partial charge in [0, 0.05) is 38.6 Å². The molecule has 1 aliphatic rings. The molecule has 2 amide bonds. The van der Waals surface area contributed by atoms with E-state index in [0.29, 0.717) is 0 Å². The fraction of sp³-hybridized carbons (Fsp3) is 0.600. The molecule has 1 aromatic heterocycles. The second-order valence-corrected chi connectivity index (χ2v) is 3.73. The molecule has 1 N–H and O–H groups in total. The van der Waals surface area contributed by atoms with Crippen LogP contribution in [0.5, 0.6) is 0 Å². The number of unbranched alkanes of at least 4 members (excludes halogenated alkanes) is 1. The number of amides is 2. The van der Waals surface area contributed by atoms with Crippen LogP contribution < -0.4 is 5.32 Å². The maximum atomic E-state index is 11.2. The van der Waals surface area contributed by atoms with Crippen LogP contribution in [0.3, 0.4) is 0 Å². The molecule has 1 aromatic rings. The van der Waals surface area contributed by atoms with Crippen molar-refractivity contribution in [3.63, 3.8) is 0 Å². The van der Waals surface area contributed by atoms with E-state index in [1.807, 2.05) is 17.4 Å². The van der Waals surface area contributed by atoms with Crippen molar-refractivity contribution in [2.75, 3.05) is 19.6 Å². The largest absolute Gasteiger partial charge is 0.337 e. The molecule has 0 bridgehead atoms. The fourth-order valence-corrected chi connectivity index (χ4v) is 1.74. The van der Waals surface area contributed by atoms with Crippen molar-refractivity contribution in [3.8, 4) is 0 Å². The predicted molar refractivity (Wildman–Crippen MR) is 56.4 cm³/mol. The average Bonchev–Trinajstić information content (AvgIpc) is 2.85. The summed E-state index contributed by atoms with van der Waals surface area (Å²) < 4.78 is 2.06. The van der Waals surface area contributed by atoms with Crippen LogP contribution in [-0.2, 0) is 6.54 Å². The molecule has 1 fully saturated rings. The molecule has 0 radical (unpaired) electrons. The molecular formula is C10H16N4O. The van der Waals surface area contributed by atoms with Crippen molar-refractivity contribution in [3.05, 3.63) is 18.7 Å². The molecule has 1 aliphatic heterocycles. The van der Waals surface area contributed by atoms with Gasteiger partial charge in [0.25, 0.3) is 0 Å². The Morgan fingerprint density at radius 1 is 1.40 bits per heavy atom. The van der Waals surface area contributed by atoms with E-state index < -0.39 is 0 Å². The van der Waals surface area contributed by atoms with Gasteiger partial charge in [0.05, 0.1) is 6.33 Å². The number of imidazole rings is 1. The van der Waals surface area contributed by atoms with Gasteiger partial charge in [-0.25, -0.2) is 9.78 Å². The lowest BCUT2D eigenvalue weighted by atomic mass is 10.3. The highest BCUT2D eigenvalue weighted by atomic mass is 16.2. The molecule has 5 heteroatoms. The van der Waals surface area contributed by atoms with Gasteiger partial charge in [-0.15, -0.1) is 0 Å². The Morgan fingerprint density at radius 2 is 2.27 bits per heavy atom. The Morgan fingerprint density at radius 3 is 2.93 bits per heavy atom. The Bertz CT molecular complexity index is 309. The fourth-order valence-electron chi connectivity index (χ4n) is 1.74. The van der Waals surface area contributed by atoms with Crippen LogP contribution in [0.1, 0.15) is 12.8 Å². The number of aromatic nitrogens is 2. The van der Waals surface area contributed by atoms with Crippen molar-refractivity contribution < 1.29 is 4.79 Å². The second-order valence-electron chi connectivity index (χ2n) is 3.73. The topological polar surface area (TPSA) is 50.2 Å². The number of carbonyl (C=O) groups excluding carboxylic acids is 1. The summed E-state index contributed by atoms with van der Waals surface area (Å²) in [5.41, 5.74) is 0. The predicted octanol–water partition coefficient (Wildman–Crippen LogP) is 0.688. The lowest BCUT2D eigenvalue weighted by Gasteiger charge is -2.13. The van der Waals surface area contributed by atoms with E-state index >= 15 is 0 Å². The Hall–Kier alpha value is -1.52. The van der Waals surface area contributed by atoms with Crippen LogP contribution in [0.4, 0.5) is 4.79 Å². The molecule has 0 atom stereocenters. The monoisotopic (exact) mass is 208 g/mol. The zero-order valence-corrected chi connectivity index (χ0v) is 8.72. The number of hydrogen-bond acceptors (Lipinski definition) is 2. The van der Waals surface area contributed by atoms with Crippen LogP contribution in [0.25, 0.3) is 0 Å². The summed E-state index contributed by atoms with van der Waals surface area (Å²) in [4.78, 5) is 17.0. The number of hydrogen-bond donors (Lipinski definition) is 1. The van der Waals surface area contributed by atoms with Gasteiger partial charge >= 0.3 is 6.03 Å². The summed E-state index contributed by atoms with van der Waals surface area (Å²) in [5.74, 6) is 0. The zero-order valence-electron chi connectivity index (χ0n) is 8.72. The molecule has 0 saturated carbocycles. The van der Waals surface area contributed by atoms with Crippen LogP contribution in [0.2, 0.25) is 0 Å². The van der Waals surface area contributed by atoms with E-state index in [1.54, 1.807) is 6.20 Å². The molecule has 0 aliphatic carbocycles. The van der Waals surface area contributed by atoms with Crippen molar-refractivity contribution in [1.29, 1.82) is 0 Å². The number of nitrogens with one attached hydrogen (secondary N) is 1. The van der Waals surface area contributed by atoms with E-state index in [9.17, 15) is 4.79 Å². The maximum absolute atomic E-state index is 11.2. The van der Waals surface area contributed by atoms with Crippen LogP contribution >= 0.6 is 0 Å². The summed E-state index contributed by atoms with van der Waals surface area (Å²) in [6.45, 7) is 3.49. The van der Waals surface area contributed by atoms with E-state index in [1.165, 1.54) is 0 Å². The Kier molecular flexibility index (Phi) is 3.22. The third kappa shape index (κ3) is 2.71. The van der Waals surface area contributed by atoms with Crippen LogP contribution in [0.15, 0.2) is 18.7 Å². The van der Waals surface area contributed by atoms with Gasteiger partial charge in [-0.1, -0.05) is 0 Å². The van der Waals surface area contributed by atoms with E-state index in [4.69, 9.17) is 0 Å². The van der Waals surface area contributed by atoms with E-state index in [2.05, 4.69) is 14.9 Å². The SMILES string of the molecule is O=C1NCCN1CCCCn1ccnc1. The number of aryl methyl sites for hydroxylation is 1. The quantitative estimate of drug-likeness (QED) is 0.724. The summed E-state index contributed by atoms with van der Waals surface area (Å²) >= 11 is 0. The first kappa shape index (κ1) is 10.0. The third-order valence-electron chi connectivity index (χ3n) is 2.60. The molecule has 5 nitrogen and oxygen atoms in total. The number of carbonyl (C=O) groups is 1. The highest BCUT2D eigenvalue weighted by Crippen LogP contribution is 2.01.